The number of nitrogens with zero attached hydrogens (tertiary/aromatic N) is 4. The highest BCUT2D eigenvalue weighted by Gasteiger charge is 2.61. The number of nitrogens with two attached hydrogens (primary N) is 1. The molecule has 0 atom stereocenters. The maximum Gasteiger partial charge on any atom is 0.250 e. The Bertz CT molecular complexity index is 1020. The lowest BCUT2D eigenvalue weighted by Crippen LogP contribution is -2.56. The number of halogens is 4. The molecule has 0 saturated heterocycles. The molecule has 3 saturated carbocycles. The first-order valence-electron chi connectivity index (χ1n) is 12.6. The molecule has 3 aliphatic carbocycles. The highest BCUT2D eigenvalue weighted by molar-refractivity contribution is 7.09. The average molecular weight is 564 g/mol. The van der Waals surface area contributed by atoms with Crippen LogP contribution in [0.2, 0.25) is 0 Å². The van der Waals surface area contributed by atoms with Gasteiger partial charge in [0.2, 0.25) is 17.8 Å². The number of hydrogen-bond acceptors (Lipinski definition) is 7. The van der Waals surface area contributed by atoms with Gasteiger partial charge in [0, 0.05) is 36.5 Å². The van der Waals surface area contributed by atoms with Crippen molar-refractivity contribution in [2.24, 2.45) is 28.9 Å². The third-order valence-electron chi connectivity index (χ3n) is 8.46. The summed E-state index contributed by atoms with van der Waals surface area (Å²) in [6.07, 6.45) is 1.69. The van der Waals surface area contributed by atoms with E-state index in [-0.39, 0.29) is 37.5 Å². The van der Waals surface area contributed by atoms with Gasteiger partial charge in [0.1, 0.15) is 21.0 Å². The zero-order chi connectivity index (χ0) is 27.9. The summed E-state index contributed by atoms with van der Waals surface area (Å²) in [6.45, 7) is 12.0. The van der Waals surface area contributed by atoms with Crippen LogP contribution in [0.15, 0.2) is 11.0 Å². The first kappa shape index (κ1) is 29.9. The average Bonchev–Trinajstić information content (AvgIpc) is 3.15. The highest BCUT2D eigenvalue weighted by Crippen LogP contribution is 2.58. The summed E-state index contributed by atoms with van der Waals surface area (Å²) in [5.41, 5.74) is 7.56. The molecule has 0 aromatic carbocycles. The van der Waals surface area contributed by atoms with Crippen molar-refractivity contribution in [2.75, 3.05) is 0 Å². The van der Waals surface area contributed by atoms with Gasteiger partial charge in [-0.1, -0.05) is 41.5 Å². The molecule has 2 aromatic rings. The molecule has 2 aromatic heterocycles. The van der Waals surface area contributed by atoms with Crippen LogP contribution in [0.3, 0.4) is 0 Å². The first-order chi connectivity index (χ1) is 17.0. The van der Waals surface area contributed by atoms with Gasteiger partial charge < -0.3 is 5.73 Å². The van der Waals surface area contributed by atoms with Crippen LogP contribution in [0.4, 0.5) is 17.6 Å². The summed E-state index contributed by atoms with van der Waals surface area (Å²) in [5, 5.41) is 17.7. The quantitative estimate of drug-likeness (QED) is 0.398. The van der Waals surface area contributed by atoms with E-state index in [0.29, 0.717) is 5.41 Å². The Hall–Kier alpha value is -1.69. The number of amides is 1. The molecule has 3 fully saturated rings. The topological polar surface area (TPSA) is 94.7 Å². The van der Waals surface area contributed by atoms with Gasteiger partial charge in [0.15, 0.2) is 0 Å². The van der Waals surface area contributed by atoms with E-state index in [0.717, 1.165) is 10.9 Å². The van der Waals surface area contributed by atoms with Crippen molar-refractivity contribution >= 4 is 28.6 Å². The summed E-state index contributed by atoms with van der Waals surface area (Å²) < 4.78 is 51.0. The minimum Gasteiger partial charge on any atom is -0.369 e. The van der Waals surface area contributed by atoms with Gasteiger partial charge in [-0.05, 0) is 30.6 Å². The molecule has 208 valence electrons. The van der Waals surface area contributed by atoms with E-state index in [1.807, 2.05) is 19.4 Å². The molecule has 3 aliphatic rings. The van der Waals surface area contributed by atoms with Gasteiger partial charge in [0.05, 0.1) is 5.41 Å². The van der Waals surface area contributed by atoms with Gasteiger partial charge in [-0.3, -0.25) is 4.79 Å². The van der Waals surface area contributed by atoms with Crippen LogP contribution in [-0.2, 0) is 15.6 Å². The number of carbonyl (C=O) groups excluding carboxylic acids is 1. The van der Waals surface area contributed by atoms with Crippen molar-refractivity contribution in [1.82, 2.24) is 20.4 Å². The number of alkyl halides is 4. The lowest BCUT2D eigenvalue weighted by molar-refractivity contribution is -0.187. The monoisotopic (exact) mass is 563 g/mol. The fraction of sp³-hybridized carbons (Fsp3) is 0.800. The van der Waals surface area contributed by atoms with E-state index in [1.165, 1.54) is 29.2 Å². The molecule has 5 rings (SSSR count). The van der Waals surface area contributed by atoms with Crippen LogP contribution < -0.4 is 5.73 Å². The minimum atomic E-state index is -2.68. The SMILES string of the molecule is CC(C)C1(C(N)=O)CC(F)(F)C1.CC(C)C1(c2nncs2)CC(F)(F)C1.CC(C)C1(c2nncs2)CC1. The van der Waals surface area contributed by atoms with Crippen LogP contribution in [0.1, 0.15) is 90.1 Å². The minimum absolute atomic E-state index is 0.0765. The number of rotatable bonds is 6. The number of primary amides is 1. The number of hydrogen-bond donors (Lipinski definition) is 1. The Balaban J connectivity index is 0.000000155. The van der Waals surface area contributed by atoms with Crippen molar-refractivity contribution < 1.29 is 22.4 Å². The van der Waals surface area contributed by atoms with Crippen molar-refractivity contribution in [3.05, 3.63) is 21.0 Å². The maximum atomic E-state index is 12.9. The van der Waals surface area contributed by atoms with Gasteiger partial charge in [-0.2, -0.15) is 0 Å². The lowest BCUT2D eigenvalue weighted by Gasteiger charge is -2.48. The Kier molecular flexibility index (Phi) is 8.45. The van der Waals surface area contributed by atoms with Crippen LogP contribution in [-0.4, -0.2) is 38.1 Å². The second-order valence-electron chi connectivity index (χ2n) is 11.7. The standard InChI is InChI=1S/C9H12F2N2S.C8H13F2NO.C8H12N2S/c1-6(2)8(3-9(10,11)4-8)7-13-12-5-14-7;1-5(2)7(6(11)12)3-8(9,10)4-7;1-6(2)8(3-4-8)7-10-9-5-11-7/h5-6H,3-4H2,1-2H3;5H,3-4H2,1-2H3,(H2,11,12);5-6H,3-4H2,1-2H3. The fourth-order valence-electron chi connectivity index (χ4n) is 5.37. The number of aromatic nitrogens is 4. The molecule has 0 bridgehead atoms. The van der Waals surface area contributed by atoms with E-state index in [2.05, 4.69) is 34.2 Å². The van der Waals surface area contributed by atoms with E-state index in [4.69, 9.17) is 5.73 Å². The molecule has 1 amide bonds. The molecule has 0 spiro atoms. The Morgan fingerprint density at radius 1 is 0.757 bits per heavy atom. The summed E-state index contributed by atoms with van der Waals surface area (Å²) in [7, 11) is 0. The van der Waals surface area contributed by atoms with Crippen molar-refractivity contribution in [3.8, 4) is 0 Å². The zero-order valence-electron chi connectivity index (χ0n) is 22.2. The van der Waals surface area contributed by atoms with E-state index in [1.54, 1.807) is 30.7 Å². The third-order valence-corrected chi connectivity index (χ3v) is 10.3. The largest absolute Gasteiger partial charge is 0.369 e. The summed E-state index contributed by atoms with van der Waals surface area (Å²) in [4.78, 5) is 10.9. The summed E-state index contributed by atoms with van der Waals surface area (Å²) in [6, 6.07) is 0. The highest BCUT2D eigenvalue weighted by atomic mass is 32.1. The summed E-state index contributed by atoms with van der Waals surface area (Å²) in [5.74, 6) is -4.97. The van der Waals surface area contributed by atoms with Gasteiger partial charge in [-0.25, -0.2) is 17.6 Å². The molecule has 2 N–H and O–H groups in total. The Morgan fingerprint density at radius 2 is 1.16 bits per heavy atom. The predicted molar refractivity (Wildman–Crippen MR) is 137 cm³/mol. The van der Waals surface area contributed by atoms with Crippen molar-refractivity contribution in [2.45, 2.75) is 103 Å². The van der Waals surface area contributed by atoms with Crippen LogP contribution in [0.5, 0.6) is 0 Å². The van der Waals surface area contributed by atoms with Crippen LogP contribution in [0, 0.1) is 23.2 Å². The van der Waals surface area contributed by atoms with E-state index in [9.17, 15) is 22.4 Å². The van der Waals surface area contributed by atoms with Crippen molar-refractivity contribution in [1.29, 1.82) is 0 Å². The lowest BCUT2D eigenvalue weighted by atomic mass is 9.59. The summed E-state index contributed by atoms with van der Waals surface area (Å²) >= 11 is 3.08. The zero-order valence-corrected chi connectivity index (χ0v) is 23.9. The molecule has 0 aliphatic heterocycles. The first-order valence-corrected chi connectivity index (χ1v) is 14.4. The molecule has 0 unspecified atom stereocenters. The number of carbonyl (C=O) groups is 1. The smallest absolute Gasteiger partial charge is 0.250 e. The van der Waals surface area contributed by atoms with Crippen LogP contribution in [0.25, 0.3) is 0 Å². The van der Waals surface area contributed by atoms with Gasteiger partial charge in [0.25, 0.3) is 0 Å². The second kappa shape index (κ2) is 10.5. The second-order valence-corrected chi connectivity index (χ2v) is 13.4. The predicted octanol–water partition coefficient (Wildman–Crippen LogP) is 6.63. The van der Waals surface area contributed by atoms with E-state index < -0.39 is 28.6 Å². The Morgan fingerprint density at radius 3 is 1.38 bits per heavy atom. The van der Waals surface area contributed by atoms with Crippen molar-refractivity contribution in [3.63, 3.8) is 0 Å². The molecular formula is C25H37F4N5OS2. The molecule has 2 heterocycles. The molecule has 37 heavy (non-hydrogen) atoms. The molecular weight excluding hydrogens is 526 g/mol. The molecule has 12 heteroatoms. The maximum absolute atomic E-state index is 12.9. The Labute approximate surface area is 223 Å². The molecule has 6 nitrogen and oxygen atoms in total. The fourth-order valence-corrected chi connectivity index (χ4v) is 7.23. The van der Waals surface area contributed by atoms with E-state index >= 15 is 0 Å². The third kappa shape index (κ3) is 5.99. The van der Waals surface area contributed by atoms with Gasteiger partial charge in [-0.15, -0.1) is 43.1 Å². The van der Waals surface area contributed by atoms with Gasteiger partial charge >= 0.3 is 0 Å². The molecule has 0 radical (unpaired) electrons. The normalized spacial score (nSPS) is 23.2. The van der Waals surface area contributed by atoms with Crippen LogP contribution >= 0.6 is 22.7 Å².